The van der Waals surface area contributed by atoms with Crippen molar-refractivity contribution in [2.24, 2.45) is 5.10 Å². The Morgan fingerprint density at radius 3 is 2.58 bits per heavy atom. The van der Waals surface area contributed by atoms with E-state index in [-0.39, 0.29) is 22.8 Å². The Balaban J connectivity index is 1.53. The molecule has 194 valence electrons. The van der Waals surface area contributed by atoms with Crippen LogP contribution in [-0.2, 0) is 4.79 Å². The van der Waals surface area contributed by atoms with Gasteiger partial charge in [-0.15, -0.1) is 10.2 Å². The maximum atomic E-state index is 12.4. The molecule has 1 heterocycles. The van der Waals surface area contributed by atoms with E-state index in [1.54, 1.807) is 26.4 Å². The van der Waals surface area contributed by atoms with Gasteiger partial charge in [-0.2, -0.15) is 5.10 Å². The molecule has 0 aliphatic heterocycles. The van der Waals surface area contributed by atoms with Gasteiger partial charge in [0.1, 0.15) is 5.75 Å². The number of methoxy groups -OCH3 is 2. The lowest BCUT2D eigenvalue weighted by molar-refractivity contribution is -0.384. The van der Waals surface area contributed by atoms with Crippen molar-refractivity contribution in [3.8, 4) is 34.3 Å². The van der Waals surface area contributed by atoms with Crippen LogP contribution in [0.5, 0.6) is 17.2 Å². The summed E-state index contributed by atoms with van der Waals surface area (Å²) in [5.74, 6) is 0.947. The summed E-state index contributed by atoms with van der Waals surface area (Å²) in [5.41, 5.74) is 3.75. The molecule has 0 saturated heterocycles. The second-order valence-corrected chi connectivity index (χ2v) is 8.57. The quantitative estimate of drug-likeness (QED) is 0.134. The van der Waals surface area contributed by atoms with Gasteiger partial charge in [-0.25, -0.2) is 5.43 Å². The molecule has 1 aromatic heterocycles. The van der Waals surface area contributed by atoms with Crippen LogP contribution in [0, 0.1) is 10.1 Å². The number of hydrogen-bond acceptors (Lipinski definition) is 10. The Hall–Kier alpha value is -4.91. The van der Waals surface area contributed by atoms with Crippen LogP contribution in [0.1, 0.15) is 5.56 Å². The second-order valence-electron chi connectivity index (χ2n) is 7.63. The maximum Gasteiger partial charge on any atom is 0.270 e. The zero-order valence-corrected chi connectivity index (χ0v) is 21.1. The topological polar surface area (TPSA) is 154 Å². The fraction of sp³-hybridized carbons (Fsp3) is 0.120. The number of phenolic OH excluding ortho intramolecular Hbond substituents is 1. The molecule has 3 aromatic carbocycles. The number of nitrogens with zero attached hydrogens (tertiary/aromatic N) is 5. The molecule has 0 atom stereocenters. The highest BCUT2D eigenvalue weighted by atomic mass is 32.2. The molecule has 0 unspecified atom stereocenters. The van der Waals surface area contributed by atoms with Gasteiger partial charge in [0.25, 0.3) is 11.6 Å². The van der Waals surface area contributed by atoms with Crippen molar-refractivity contribution in [2.75, 3.05) is 20.0 Å². The third-order valence-electron chi connectivity index (χ3n) is 5.24. The molecule has 2 N–H and O–H groups in total. The molecule has 4 rings (SSSR count). The van der Waals surface area contributed by atoms with Crippen LogP contribution in [0.4, 0.5) is 5.69 Å². The van der Waals surface area contributed by atoms with Crippen molar-refractivity contribution in [3.63, 3.8) is 0 Å². The van der Waals surface area contributed by atoms with E-state index in [0.29, 0.717) is 22.5 Å². The van der Waals surface area contributed by atoms with Crippen LogP contribution in [0.2, 0.25) is 0 Å². The fourth-order valence-corrected chi connectivity index (χ4v) is 4.17. The number of amides is 1. The number of para-hydroxylation sites is 1. The monoisotopic (exact) mass is 534 g/mol. The van der Waals surface area contributed by atoms with Gasteiger partial charge in [0.15, 0.2) is 22.5 Å². The van der Waals surface area contributed by atoms with Crippen molar-refractivity contribution >= 4 is 29.6 Å². The Bertz CT molecular complexity index is 1490. The average Bonchev–Trinajstić information content (AvgIpc) is 3.36. The van der Waals surface area contributed by atoms with Gasteiger partial charge in [-0.05, 0) is 36.4 Å². The molecule has 4 aromatic rings. The van der Waals surface area contributed by atoms with E-state index in [2.05, 4.69) is 20.7 Å². The van der Waals surface area contributed by atoms with Crippen LogP contribution >= 0.6 is 11.8 Å². The van der Waals surface area contributed by atoms with Crippen LogP contribution in [0.15, 0.2) is 77.0 Å². The lowest BCUT2D eigenvalue weighted by Gasteiger charge is -2.12. The SMILES string of the molecule is COc1ccc(-c2nnc(SCC(=O)NN=Cc3cc([N+](=O)[O-])ccc3O)n2-c2ccccc2)cc1OC. The zero-order chi connectivity index (χ0) is 27.1. The lowest BCUT2D eigenvalue weighted by atomic mass is 10.2. The van der Waals surface area contributed by atoms with Gasteiger partial charge in [0.2, 0.25) is 0 Å². The van der Waals surface area contributed by atoms with E-state index in [0.717, 1.165) is 35.3 Å². The van der Waals surface area contributed by atoms with Gasteiger partial charge in [0, 0.05) is 28.9 Å². The number of thioether (sulfide) groups is 1. The highest BCUT2D eigenvalue weighted by Gasteiger charge is 2.19. The fourth-order valence-electron chi connectivity index (χ4n) is 3.43. The van der Waals surface area contributed by atoms with Crippen LogP contribution in [-0.4, -0.2) is 56.9 Å². The van der Waals surface area contributed by atoms with Crippen molar-refractivity contribution in [1.82, 2.24) is 20.2 Å². The van der Waals surface area contributed by atoms with Crippen LogP contribution in [0.3, 0.4) is 0 Å². The predicted octanol–water partition coefficient (Wildman–Crippen LogP) is 3.81. The molecule has 38 heavy (non-hydrogen) atoms. The first-order valence-electron chi connectivity index (χ1n) is 11.1. The van der Waals surface area contributed by atoms with Crippen molar-refractivity contribution in [2.45, 2.75) is 5.16 Å². The van der Waals surface area contributed by atoms with Gasteiger partial charge in [-0.3, -0.25) is 19.5 Å². The van der Waals surface area contributed by atoms with Crippen molar-refractivity contribution in [3.05, 3.63) is 82.4 Å². The number of ether oxygens (including phenoxy) is 2. The van der Waals surface area contributed by atoms with E-state index in [4.69, 9.17) is 9.47 Å². The third kappa shape index (κ3) is 5.90. The molecule has 0 aliphatic carbocycles. The summed E-state index contributed by atoms with van der Waals surface area (Å²) >= 11 is 1.15. The highest BCUT2D eigenvalue weighted by molar-refractivity contribution is 7.99. The minimum atomic E-state index is -0.592. The van der Waals surface area contributed by atoms with E-state index in [9.17, 15) is 20.0 Å². The number of hydrogen-bond donors (Lipinski definition) is 2. The van der Waals surface area contributed by atoms with Gasteiger partial charge < -0.3 is 14.6 Å². The van der Waals surface area contributed by atoms with E-state index < -0.39 is 10.8 Å². The zero-order valence-electron chi connectivity index (χ0n) is 20.3. The first-order chi connectivity index (χ1) is 18.4. The Morgan fingerprint density at radius 2 is 1.87 bits per heavy atom. The number of aromatic hydroxyl groups is 1. The summed E-state index contributed by atoms with van der Waals surface area (Å²) < 4.78 is 12.6. The predicted molar refractivity (Wildman–Crippen MR) is 141 cm³/mol. The minimum Gasteiger partial charge on any atom is -0.507 e. The third-order valence-corrected chi connectivity index (χ3v) is 6.17. The Labute approximate surface area is 221 Å². The van der Waals surface area contributed by atoms with Gasteiger partial charge in [-0.1, -0.05) is 30.0 Å². The Morgan fingerprint density at radius 1 is 1.11 bits per heavy atom. The molecule has 1 amide bonds. The maximum absolute atomic E-state index is 12.4. The largest absolute Gasteiger partial charge is 0.507 e. The van der Waals surface area contributed by atoms with Gasteiger partial charge in [0.05, 0.1) is 31.1 Å². The highest BCUT2D eigenvalue weighted by Crippen LogP contribution is 2.34. The molecule has 0 aliphatic rings. The van der Waals surface area contributed by atoms with Crippen LogP contribution in [0.25, 0.3) is 17.1 Å². The second kappa shape index (κ2) is 11.9. The lowest BCUT2D eigenvalue weighted by Crippen LogP contribution is -2.20. The summed E-state index contributed by atoms with van der Waals surface area (Å²) in [6, 6.07) is 18.4. The van der Waals surface area contributed by atoms with E-state index >= 15 is 0 Å². The molecular weight excluding hydrogens is 512 g/mol. The summed E-state index contributed by atoms with van der Waals surface area (Å²) in [6.45, 7) is 0. The normalized spacial score (nSPS) is 10.9. The first kappa shape index (κ1) is 26.2. The number of benzene rings is 3. The number of carbonyl (C=O) groups excluding carboxylic acids is 1. The molecule has 0 radical (unpaired) electrons. The number of nitrogens with one attached hydrogen (secondary N) is 1. The Kier molecular flexibility index (Phi) is 8.18. The summed E-state index contributed by atoms with van der Waals surface area (Å²) in [6.07, 6.45) is 1.13. The van der Waals surface area contributed by atoms with Crippen LogP contribution < -0.4 is 14.9 Å². The average molecular weight is 535 g/mol. The van der Waals surface area contributed by atoms with Crippen molar-refractivity contribution < 1.29 is 24.3 Å². The number of nitro benzene ring substituents is 1. The number of phenols is 1. The molecule has 0 spiro atoms. The molecule has 0 bridgehead atoms. The number of carbonyl (C=O) groups is 1. The number of non-ortho nitro benzene ring substituents is 1. The smallest absolute Gasteiger partial charge is 0.270 e. The minimum absolute atomic E-state index is 0.0465. The summed E-state index contributed by atoms with van der Waals surface area (Å²) in [5, 5.41) is 33.7. The van der Waals surface area contributed by atoms with Gasteiger partial charge >= 0.3 is 0 Å². The molecule has 0 saturated carbocycles. The number of nitro groups is 1. The molecule has 12 nitrogen and oxygen atoms in total. The van der Waals surface area contributed by atoms with Crippen molar-refractivity contribution in [1.29, 1.82) is 0 Å². The van der Waals surface area contributed by atoms with E-state index in [1.807, 2.05) is 41.0 Å². The first-order valence-corrected chi connectivity index (χ1v) is 12.0. The summed E-state index contributed by atoms with van der Waals surface area (Å²) in [4.78, 5) is 22.8. The molecular formula is C25H22N6O6S. The number of aromatic nitrogens is 3. The standard InChI is InChI=1S/C25H22N6O6S/c1-36-21-11-8-16(13-22(21)37-2)24-28-29-25(30(24)18-6-4-3-5-7-18)38-15-23(33)27-26-14-17-12-19(31(34)35)9-10-20(17)32/h3-14,32H,15H2,1-2H3,(H,27,33). The number of hydrazone groups is 1. The summed E-state index contributed by atoms with van der Waals surface area (Å²) in [7, 11) is 3.10. The number of rotatable bonds is 10. The van der Waals surface area contributed by atoms with E-state index in [1.165, 1.54) is 12.1 Å². The molecule has 13 heteroatoms. The molecule has 0 fully saturated rings.